The summed E-state index contributed by atoms with van der Waals surface area (Å²) in [5.74, 6) is 0.714. The Hall–Kier alpha value is -1.32. The van der Waals surface area contributed by atoms with E-state index in [-0.39, 0.29) is 5.75 Å². The van der Waals surface area contributed by atoms with Gasteiger partial charge in [-0.3, -0.25) is 0 Å². The van der Waals surface area contributed by atoms with Crippen LogP contribution in [0.5, 0.6) is 5.75 Å². The molecule has 1 rings (SSSR count). The Morgan fingerprint density at radius 2 is 2.00 bits per heavy atom. The second kappa shape index (κ2) is 7.09. The first-order valence-corrected chi connectivity index (χ1v) is 5.91. The number of anilines is 1. The van der Waals surface area contributed by atoms with Crippen LogP contribution < -0.4 is 10.1 Å². The molecule has 0 fully saturated rings. The lowest BCUT2D eigenvalue weighted by Gasteiger charge is -2.15. The molecule has 0 saturated carbocycles. The van der Waals surface area contributed by atoms with E-state index in [0.717, 1.165) is 19.4 Å². The molecule has 0 amide bonds. The van der Waals surface area contributed by atoms with Gasteiger partial charge in [0.15, 0.2) is 0 Å². The molecule has 0 bridgehead atoms. The largest absolute Gasteiger partial charge is 0.433 e. The molecule has 0 heterocycles. The molecule has 0 aliphatic carbocycles. The van der Waals surface area contributed by atoms with Crippen LogP contribution in [-0.4, -0.2) is 13.2 Å². The van der Waals surface area contributed by atoms with Crippen LogP contribution in [0.4, 0.5) is 14.5 Å². The van der Waals surface area contributed by atoms with E-state index in [2.05, 4.69) is 23.9 Å². The Balaban J connectivity index is 2.57. The van der Waals surface area contributed by atoms with Crippen LogP contribution in [-0.2, 0) is 0 Å². The van der Waals surface area contributed by atoms with Gasteiger partial charge in [0.1, 0.15) is 5.75 Å². The van der Waals surface area contributed by atoms with E-state index in [9.17, 15) is 8.78 Å². The smallest absolute Gasteiger partial charge is 0.387 e. The third-order valence-corrected chi connectivity index (χ3v) is 2.53. The van der Waals surface area contributed by atoms with Crippen molar-refractivity contribution >= 4 is 5.69 Å². The molecule has 0 aliphatic heterocycles. The Kier molecular flexibility index (Phi) is 5.73. The fourth-order valence-electron chi connectivity index (χ4n) is 1.69. The molecule has 96 valence electrons. The van der Waals surface area contributed by atoms with Crippen molar-refractivity contribution in [2.24, 2.45) is 5.92 Å². The fraction of sp³-hybridized carbons (Fsp3) is 0.538. The standard InChI is InChI=1S/C13H19F2NO/c1-3-6-10(2)9-16-11-7-4-5-8-12(11)17-13(14)15/h4-5,7-8,10,13,16H,3,6,9H2,1-2H3. The maximum absolute atomic E-state index is 12.2. The average Bonchev–Trinajstić information content (AvgIpc) is 2.27. The number of ether oxygens (including phenoxy) is 1. The number of hydrogen-bond donors (Lipinski definition) is 1. The minimum absolute atomic E-state index is 0.200. The summed E-state index contributed by atoms with van der Waals surface area (Å²) in [7, 11) is 0. The molecule has 1 aromatic carbocycles. The summed E-state index contributed by atoms with van der Waals surface area (Å²) in [6.45, 7) is 2.24. The first kappa shape index (κ1) is 13.7. The minimum Gasteiger partial charge on any atom is -0.433 e. The molecule has 1 atom stereocenters. The molecule has 2 nitrogen and oxygen atoms in total. The number of rotatable bonds is 7. The van der Waals surface area contributed by atoms with Crippen molar-refractivity contribution in [1.82, 2.24) is 0 Å². The van der Waals surface area contributed by atoms with Gasteiger partial charge in [0.05, 0.1) is 5.69 Å². The summed E-state index contributed by atoms with van der Waals surface area (Å²) in [4.78, 5) is 0. The van der Waals surface area contributed by atoms with Gasteiger partial charge in [-0.2, -0.15) is 8.78 Å². The van der Waals surface area contributed by atoms with Crippen LogP contribution in [0, 0.1) is 5.92 Å². The third-order valence-electron chi connectivity index (χ3n) is 2.53. The molecule has 1 aromatic rings. The fourth-order valence-corrected chi connectivity index (χ4v) is 1.69. The van der Waals surface area contributed by atoms with Crippen molar-refractivity contribution in [3.63, 3.8) is 0 Å². The Morgan fingerprint density at radius 1 is 1.29 bits per heavy atom. The summed E-state index contributed by atoms with van der Waals surface area (Å²) in [5.41, 5.74) is 0.621. The van der Waals surface area contributed by atoms with Crippen molar-refractivity contribution in [2.45, 2.75) is 33.3 Å². The highest BCUT2D eigenvalue weighted by atomic mass is 19.3. The number of benzene rings is 1. The maximum Gasteiger partial charge on any atom is 0.387 e. The summed E-state index contributed by atoms with van der Waals surface area (Å²) < 4.78 is 28.8. The van der Waals surface area contributed by atoms with Gasteiger partial charge in [-0.1, -0.05) is 32.4 Å². The van der Waals surface area contributed by atoms with E-state index < -0.39 is 6.61 Å². The molecule has 0 spiro atoms. The van der Waals surface area contributed by atoms with Crippen LogP contribution in [0.2, 0.25) is 0 Å². The summed E-state index contributed by atoms with van der Waals surface area (Å²) in [6, 6.07) is 6.76. The number of alkyl halides is 2. The highest BCUT2D eigenvalue weighted by molar-refractivity contribution is 5.56. The molecule has 4 heteroatoms. The van der Waals surface area contributed by atoms with Gasteiger partial charge in [-0.25, -0.2) is 0 Å². The highest BCUT2D eigenvalue weighted by Gasteiger charge is 2.09. The lowest BCUT2D eigenvalue weighted by molar-refractivity contribution is -0.0493. The van der Waals surface area contributed by atoms with Gasteiger partial charge in [0.25, 0.3) is 0 Å². The van der Waals surface area contributed by atoms with Crippen molar-refractivity contribution in [2.75, 3.05) is 11.9 Å². The monoisotopic (exact) mass is 243 g/mol. The van der Waals surface area contributed by atoms with Crippen molar-refractivity contribution in [3.8, 4) is 5.75 Å². The average molecular weight is 243 g/mol. The maximum atomic E-state index is 12.2. The Morgan fingerprint density at radius 3 is 2.65 bits per heavy atom. The normalized spacial score (nSPS) is 12.5. The molecule has 17 heavy (non-hydrogen) atoms. The SMILES string of the molecule is CCCC(C)CNc1ccccc1OC(F)F. The Labute approximate surface area is 101 Å². The van der Waals surface area contributed by atoms with E-state index in [1.54, 1.807) is 24.3 Å². The van der Waals surface area contributed by atoms with Gasteiger partial charge in [-0.15, -0.1) is 0 Å². The van der Waals surface area contributed by atoms with Crippen LogP contribution in [0.15, 0.2) is 24.3 Å². The van der Waals surface area contributed by atoms with Gasteiger partial charge in [0, 0.05) is 6.54 Å². The molecule has 1 N–H and O–H groups in total. The predicted molar refractivity (Wildman–Crippen MR) is 65.6 cm³/mol. The van der Waals surface area contributed by atoms with Gasteiger partial charge in [0.2, 0.25) is 0 Å². The summed E-state index contributed by atoms with van der Waals surface area (Å²) >= 11 is 0. The third kappa shape index (κ3) is 5.02. The molecule has 0 radical (unpaired) electrons. The van der Waals surface area contributed by atoms with Crippen molar-refractivity contribution in [1.29, 1.82) is 0 Å². The van der Waals surface area contributed by atoms with Crippen molar-refractivity contribution < 1.29 is 13.5 Å². The number of nitrogens with one attached hydrogen (secondary N) is 1. The molecular formula is C13H19F2NO. The zero-order valence-electron chi connectivity index (χ0n) is 10.2. The predicted octanol–water partition coefficient (Wildman–Crippen LogP) is 4.14. The van der Waals surface area contributed by atoms with Crippen LogP contribution in [0.25, 0.3) is 0 Å². The summed E-state index contributed by atoms with van der Waals surface area (Å²) in [5, 5.41) is 3.14. The Bertz CT molecular complexity index is 331. The zero-order valence-corrected chi connectivity index (χ0v) is 10.2. The second-order valence-corrected chi connectivity index (χ2v) is 4.15. The number of halogens is 2. The van der Waals surface area contributed by atoms with E-state index in [1.165, 1.54) is 0 Å². The van der Waals surface area contributed by atoms with E-state index >= 15 is 0 Å². The van der Waals surface area contributed by atoms with Gasteiger partial charge < -0.3 is 10.1 Å². The quantitative estimate of drug-likeness (QED) is 0.777. The lowest BCUT2D eigenvalue weighted by Crippen LogP contribution is -2.12. The number of para-hydroxylation sites is 2. The van der Waals surface area contributed by atoms with Crippen LogP contribution in [0.3, 0.4) is 0 Å². The summed E-state index contributed by atoms with van der Waals surface area (Å²) in [6.07, 6.45) is 2.24. The number of hydrogen-bond acceptors (Lipinski definition) is 2. The topological polar surface area (TPSA) is 21.3 Å². The second-order valence-electron chi connectivity index (χ2n) is 4.15. The first-order valence-electron chi connectivity index (χ1n) is 5.91. The van der Waals surface area contributed by atoms with Crippen LogP contribution in [0.1, 0.15) is 26.7 Å². The first-order chi connectivity index (χ1) is 8.13. The molecule has 1 unspecified atom stereocenters. The van der Waals surface area contributed by atoms with Crippen molar-refractivity contribution in [3.05, 3.63) is 24.3 Å². The van der Waals surface area contributed by atoms with Gasteiger partial charge >= 0.3 is 6.61 Å². The molecular weight excluding hydrogens is 224 g/mol. The zero-order chi connectivity index (χ0) is 12.7. The van der Waals surface area contributed by atoms with Crippen LogP contribution >= 0.6 is 0 Å². The lowest BCUT2D eigenvalue weighted by atomic mass is 10.1. The van der Waals surface area contributed by atoms with Gasteiger partial charge in [-0.05, 0) is 24.5 Å². The minimum atomic E-state index is -2.79. The van der Waals surface area contributed by atoms with E-state index in [4.69, 9.17) is 0 Å². The molecule has 0 saturated heterocycles. The molecule has 0 aliphatic rings. The van der Waals surface area contributed by atoms with E-state index in [1.807, 2.05) is 0 Å². The molecule has 0 aromatic heterocycles. The van der Waals surface area contributed by atoms with E-state index in [0.29, 0.717) is 11.6 Å². The highest BCUT2D eigenvalue weighted by Crippen LogP contribution is 2.25.